The number of fused-ring (bicyclic) bond motifs is 3. The van der Waals surface area contributed by atoms with E-state index in [1.807, 2.05) is 41.6 Å². The maximum atomic E-state index is 6.37. The van der Waals surface area contributed by atoms with E-state index in [0.29, 0.717) is 11.5 Å². The van der Waals surface area contributed by atoms with Crippen molar-refractivity contribution in [2.24, 2.45) is 0 Å². The maximum Gasteiger partial charge on any atom is 0.135 e. The van der Waals surface area contributed by atoms with E-state index in [2.05, 4.69) is 130 Å². The molecule has 1 aliphatic heterocycles. The number of nitrogens with zero attached hydrogens (tertiary/aromatic N) is 4. The van der Waals surface area contributed by atoms with Gasteiger partial charge in [0.25, 0.3) is 0 Å². The molecule has 6 heteroatoms. The first kappa shape index (κ1) is 29.7. The first-order chi connectivity index (χ1) is 20.7. The third-order valence-corrected chi connectivity index (χ3v) is 7.92. The van der Waals surface area contributed by atoms with Gasteiger partial charge < -0.3 is 19.1 Å². The quantitative estimate of drug-likeness (QED) is 0.164. The van der Waals surface area contributed by atoms with Crippen LogP contribution in [0.15, 0.2) is 104 Å². The van der Waals surface area contributed by atoms with Crippen LogP contribution < -0.4 is 14.5 Å². The van der Waals surface area contributed by atoms with Crippen molar-refractivity contribution in [2.45, 2.75) is 40.0 Å². The number of hydrogen-bond donors (Lipinski definition) is 0. The molecular formula is C38H33N4OPt-3. The van der Waals surface area contributed by atoms with Gasteiger partial charge in [0.2, 0.25) is 0 Å². The molecule has 6 aromatic rings. The zero-order chi connectivity index (χ0) is 29.7. The van der Waals surface area contributed by atoms with E-state index in [0.717, 1.165) is 39.0 Å². The fourth-order valence-electron chi connectivity index (χ4n) is 5.68. The summed E-state index contributed by atoms with van der Waals surface area (Å²) in [6.45, 7) is 13.0. The summed E-state index contributed by atoms with van der Waals surface area (Å²) in [5, 5.41) is 2.26. The van der Waals surface area contributed by atoms with Gasteiger partial charge in [-0.15, -0.1) is 48.1 Å². The Morgan fingerprint density at radius 3 is 2.39 bits per heavy atom. The number of para-hydroxylation sites is 1. The normalized spacial score (nSPS) is 13.1. The Kier molecular flexibility index (Phi) is 7.85. The Hall–Kier alpha value is -4.34. The van der Waals surface area contributed by atoms with Crippen molar-refractivity contribution >= 4 is 33.2 Å². The maximum absolute atomic E-state index is 6.37. The second-order valence-corrected chi connectivity index (χ2v) is 12.1. The van der Waals surface area contributed by atoms with Crippen LogP contribution in [0.2, 0.25) is 0 Å². The smallest absolute Gasteiger partial charge is 0.135 e. The second kappa shape index (κ2) is 11.6. The molecule has 44 heavy (non-hydrogen) atoms. The van der Waals surface area contributed by atoms with Crippen LogP contribution in [0, 0.1) is 32.6 Å². The molecule has 0 aliphatic carbocycles. The summed E-state index contributed by atoms with van der Waals surface area (Å²) >= 11 is 0. The third kappa shape index (κ3) is 5.53. The summed E-state index contributed by atoms with van der Waals surface area (Å²) in [4.78, 5) is 8.95. The van der Waals surface area contributed by atoms with Gasteiger partial charge in [0, 0.05) is 50.0 Å². The molecule has 0 atom stereocenters. The molecule has 0 fully saturated rings. The van der Waals surface area contributed by atoms with Crippen molar-refractivity contribution in [3.05, 3.63) is 139 Å². The van der Waals surface area contributed by atoms with Crippen LogP contribution in [0.3, 0.4) is 0 Å². The molecule has 224 valence electrons. The number of rotatable bonds is 5. The van der Waals surface area contributed by atoms with Crippen molar-refractivity contribution in [1.29, 1.82) is 0 Å². The topological polar surface area (TPSA) is 33.5 Å². The van der Waals surface area contributed by atoms with Gasteiger partial charge in [0.1, 0.15) is 5.82 Å². The van der Waals surface area contributed by atoms with Crippen molar-refractivity contribution in [3.63, 3.8) is 0 Å². The number of aryl methyl sites for hydroxylation is 2. The van der Waals surface area contributed by atoms with Crippen LogP contribution in [0.5, 0.6) is 11.5 Å². The van der Waals surface area contributed by atoms with Gasteiger partial charge >= 0.3 is 0 Å². The minimum Gasteiger partial charge on any atom is -0.509 e. The Morgan fingerprint density at radius 2 is 1.57 bits per heavy atom. The van der Waals surface area contributed by atoms with Gasteiger partial charge in [0.05, 0.1) is 0 Å². The van der Waals surface area contributed by atoms with Crippen LogP contribution in [0.25, 0.3) is 27.6 Å². The van der Waals surface area contributed by atoms with Gasteiger partial charge in [-0.3, -0.25) is 0 Å². The number of pyridine rings is 1. The monoisotopic (exact) mass is 756 g/mol. The fourth-order valence-corrected chi connectivity index (χ4v) is 5.68. The van der Waals surface area contributed by atoms with E-state index in [9.17, 15) is 0 Å². The number of hydrogen-bond acceptors (Lipinski definition) is 4. The van der Waals surface area contributed by atoms with Crippen LogP contribution in [0.1, 0.15) is 37.5 Å². The third-order valence-electron chi connectivity index (χ3n) is 7.92. The summed E-state index contributed by atoms with van der Waals surface area (Å²) < 4.78 is 8.55. The van der Waals surface area contributed by atoms with E-state index < -0.39 is 0 Å². The molecule has 1 aliphatic rings. The Bertz CT molecular complexity index is 2020. The summed E-state index contributed by atoms with van der Waals surface area (Å²) in [5.41, 5.74) is 7.77. The molecule has 5 nitrogen and oxygen atoms in total. The van der Waals surface area contributed by atoms with Crippen molar-refractivity contribution in [1.82, 2.24) is 9.55 Å². The average molecular weight is 757 g/mol. The largest absolute Gasteiger partial charge is 0.509 e. The van der Waals surface area contributed by atoms with E-state index in [1.54, 1.807) is 0 Å². The molecular weight excluding hydrogens is 724 g/mol. The Balaban J connectivity index is 0.00000343. The number of aromatic nitrogens is 2. The molecule has 4 aromatic carbocycles. The number of anilines is 2. The zero-order valence-corrected chi connectivity index (χ0v) is 27.7. The predicted molar refractivity (Wildman–Crippen MR) is 176 cm³/mol. The number of benzene rings is 4. The molecule has 2 aromatic heterocycles. The Morgan fingerprint density at radius 1 is 0.773 bits per heavy atom. The summed E-state index contributed by atoms with van der Waals surface area (Å²) in [6.07, 6.45) is 5.98. The summed E-state index contributed by atoms with van der Waals surface area (Å²) in [7, 11) is 0. The minimum absolute atomic E-state index is 0. The van der Waals surface area contributed by atoms with Crippen LogP contribution in [-0.2, 0) is 26.5 Å². The van der Waals surface area contributed by atoms with Gasteiger partial charge in [-0.1, -0.05) is 62.2 Å². The molecule has 0 radical (unpaired) electrons. The molecule has 0 N–H and O–H groups in total. The van der Waals surface area contributed by atoms with Gasteiger partial charge in [-0.2, -0.15) is 12.1 Å². The van der Waals surface area contributed by atoms with E-state index in [1.165, 1.54) is 16.7 Å². The summed E-state index contributed by atoms with van der Waals surface area (Å²) in [6, 6.07) is 36.2. The average Bonchev–Trinajstić information content (AvgIpc) is 3.60. The van der Waals surface area contributed by atoms with Crippen LogP contribution in [0.4, 0.5) is 11.4 Å². The first-order valence-electron chi connectivity index (χ1n) is 14.5. The Labute approximate surface area is 273 Å². The van der Waals surface area contributed by atoms with Gasteiger partial charge in [-0.25, -0.2) is 4.98 Å². The van der Waals surface area contributed by atoms with Crippen LogP contribution in [-0.4, -0.2) is 9.55 Å². The molecule has 0 saturated carbocycles. The standard InChI is InChI=1S/C38H33N4O.Pt/c1-26-13-16-34(27(2)21-26)41-20-19-40(25-41)29-9-8-10-30(23-29)43-31-14-15-33-32-11-6-7-12-35(32)42(36(33)24-31)37-22-28(17-18-39-37)38(3,4)5;/h6-22,25H,1-5H3;/q-3;. The molecule has 0 spiro atoms. The predicted octanol–water partition coefficient (Wildman–Crippen LogP) is 9.40. The molecule has 3 heterocycles. The fraction of sp³-hybridized carbons (Fsp3) is 0.158. The van der Waals surface area contributed by atoms with E-state index in [4.69, 9.17) is 9.72 Å². The summed E-state index contributed by atoms with van der Waals surface area (Å²) in [5.74, 6) is 2.11. The van der Waals surface area contributed by atoms with E-state index >= 15 is 0 Å². The molecule has 0 saturated heterocycles. The number of ether oxygens (including phenoxy) is 1. The first-order valence-corrected chi connectivity index (χ1v) is 14.5. The molecule has 7 rings (SSSR count). The molecule has 0 amide bonds. The second-order valence-electron chi connectivity index (χ2n) is 12.1. The van der Waals surface area contributed by atoms with Gasteiger partial charge in [-0.05, 0) is 72.4 Å². The zero-order valence-electron chi connectivity index (χ0n) is 25.4. The molecule has 0 bridgehead atoms. The van der Waals surface area contributed by atoms with Crippen molar-refractivity contribution in [2.75, 3.05) is 9.80 Å². The van der Waals surface area contributed by atoms with Gasteiger partial charge in [0.15, 0.2) is 0 Å². The van der Waals surface area contributed by atoms with Crippen molar-refractivity contribution in [3.8, 4) is 17.3 Å². The van der Waals surface area contributed by atoms with Crippen molar-refractivity contribution < 1.29 is 25.8 Å². The minimum atomic E-state index is 0. The van der Waals surface area contributed by atoms with Crippen LogP contribution >= 0.6 is 0 Å². The van der Waals surface area contributed by atoms with E-state index in [-0.39, 0.29) is 26.5 Å². The molecule has 0 unspecified atom stereocenters. The SMILES string of the molecule is Cc1ccc(N2C=CN(c3[c-]c(Oc4[c-]c5c(cc4)c4ccccc4n5-c4cc(C(C)(C)C)ccn4)ccc3)[CH-]2)c(C)c1.[Pt].